The van der Waals surface area contributed by atoms with Crippen LogP contribution in [-0.4, -0.2) is 10.8 Å². The van der Waals surface area contributed by atoms with Crippen LogP contribution in [0.4, 0.5) is 0 Å². The fourth-order valence-electron chi connectivity index (χ4n) is 3.76. The largest absolute Gasteiger partial charge is 0.423 e. The molecular weight excluding hydrogens is 312 g/mol. The van der Waals surface area contributed by atoms with Crippen LogP contribution >= 0.6 is 0 Å². The van der Waals surface area contributed by atoms with Crippen LogP contribution in [-0.2, 0) is 0 Å². The van der Waals surface area contributed by atoms with Gasteiger partial charge in [0.05, 0.1) is 6.20 Å². The number of nitrogens with zero attached hydrogens (tertiary/aromatic N) is 2. The molecule has 4 heteroatoms. The highest BCUT2D eigenvalue weighted by molar-refractivity contribution is 5.94. The van der Waals surface area contributed by atoms with Gasteiger partial charge in [0.15, 0.2) is 0 Å². The first-order chi connectivity index (χ1) is 12.2. The second-order valence-electron chi connectivity index (χ2n) is 6.61. The Labute approximate surface area is 146 Å². The molecule has 0 aliphatic heterocycles. The summed E-state index contributed by atoms with van der Waals surface area (Å²) in [7, 11) is 0. The smallest absolute Gasteiger partial charge is 0.264 e. The number of nitriles is 1. The molecule has 0 radical (unpaired) electrons. The standard InChI is InChI=1S/C21H18N2O2/c22-12-19-13-23-21(25-19)20(24)18-9-8-16-10-15(6-7-17(16)11-18)14-4-2-1-3-5-14/h1-5,10,13,18H,6-9,11H2. The van der Waals surface area contributed by atoms with Crippen molar-refractivity contribution in [3.63, 3.8) is 0 Å². The lowest BCUT2D eigenvalue weighted by molar-refractivity contribution is 0.0872. The molecule has 0 saturated carbocycles. The number of allylic oxidation sites excluding steroid dienone is 4. The molecule has 0 bridgehead atoms. The van der Waals surface area contributed by atoms with E-state index in [1.165, 1.54) is 28.5 Å². The summed E-state index contributed by atoms with van der Waals surface area (Å²) < 4.78 is 5.21. The van der Waals surface area contributed by atoms with Crippen LogP contribution in [0.1, 0.15) is 54.1 Å². The molecule has 4 rings (SSSR count). The summed E-state index contributed by atoms with van der Waals surface area (Å²) in [5.74, 6) is -0.00408. The normalized spacial score (nSPS) is 19.8. The lowest BCUT2D eigenvalue weighted by atomic mass is 9.76. The zero-order valence-corrected chi connectivity index (χ0v) is 13.9. The van der Waals surface area contributed by atoms with Crippen molar-refractivity contribution in [2.24, 2.45) is 5.92 Å². The quantitative estimate of drug-likeness (QED) is 0.765. The molecule has 1 aromatic carbocycles. The fraction of sp³-hybridized carbons (Fsp3) is 0.286. The molecule has 1 aromatic heterocycles. The Balaban J connectivity index is 1.53. The minimum atomic E-state index is -0.0874. The average Bonchev–Trinajstić information content (AvgIpc) is 3.16. The van der Waals surface area contributed by atoms with E-state index in [1.807, 2.05) is 12.1 Å². The molecular formula is C21H18N2O2. The summed E-state index contributed by atoms with van der Waals surface area (Å²) >= 11 is 0. The van der Waals surface area contributed by atoms with Crippen molar-refractivity contribution in [2.75, 3.05) is 0 Å². The molecule has 124 valence electrons. The van der Waals surface area contributed by atoms with Gasteiger partial charge in [0.1, 0.15) is 6.07 Å². The average molecular weight is 330 g/mol. The van der Waals surface area contributed by atoms with Crippen molar-refractivity contribution in [3.8, 4) is 6.07 Å². The van der Waals surface area contributed by atoms with E-state index in [2.05, 4.69) is 35.3 Å². The third kappa shape index (κ3) is 3.06. The molecule has 1 atom stereocenters. The number of benzene rings is 1. The topological polar surface area (TPSA) is 66.9 Å². The Morgan fingerprint density at radius 2 is 2.04 bits per heavy atom. The summed E-state index contributed by atoms with van der Waals surface area (Å²) in [4.78, 5) is 16.5. The molecule has 4 nitrogen and oxygen atoms in total. The van der Waals surface area contributed by atoms with E-state index in [4.69, 9.17) is 9.68 Å². The van der Waals surface area contributed by atoms with E-state index in [9.17, 15) is 4.79 Å². The van der Waals surface area contributed by atoms with Crippen LogP contribution in [0.15, 0.2) is 58.2 Å². The van der Waals surface area contributed by atoms with Crippen molar-refractivity contribution in [1.82, 2.24) is 4.98 Å². The molecule has 25 heavy (non-hydrogen) atoms. The fourth-order valence-corrected chi connectivity index (χ4v) is 3.76. The number of hydrogen-bond donors (Lipinski definition) is 0. The van der Waals surface area contributed by atoms with Crippen molar-refractivity contribution < 1.29 is 9.21 Å². The highest BCUT2D eigenvalue weighted by Gasteiger charge is 2.30. The minimum absolute atomic E-state index is 0.0712. The van der Waals surface area contributed by atoms with Gasteiger partial charge >= 0.3 is 0 Å². The predicted octanol–water partition coefficient (Wildman–Crippen LogP) is 4.70. The maximum atomic E-state index is 12.6. The summed E-state index contributed by atoms with van der Waals surface area (Å²) in [5, 5.41) is 8.81. The van der Waals surface area contributed by atoms with Gasteiger partial charge < -0.3 is 4.42 Å². The van der Waals surface area contributed by atoms with E-state index in [0.29, 0.717) is 0 Å². The summed E-state index contributed by atoms with van der Waals surface area (Å²) in [6.45, 7) is 0. The number of oxazole rings is 1. The van der Waals surface area contributed by atoms with Crippen molar-refractivity contribution in [3.05, 3.63) is 71.0 Å². The van der Waals surface area contributed by atoms with Crippen LogP contribution in [0, 0.1) is 17.2 Å². The first-order valence-corrected chi connectivity index (χ1v) is 8.61. The van der Waals surface area contributed by atoms with Gasteiger partial charge in [0.25, 0.3) is 5.89 Å². The Bertz CT molecular complexity index is 913. The molecule has 2 aliphatic rings. The second-order valence-corrected chi connectivity index (χ2v) is 6.61. The van der Waals surface area contributed by atoms with E-state index < -0.39 is 0 Å². The molecule has 0 N–H and O–H groups in total. The monoisotopic (exact) mass is 330 g/mol. The molecule has 1 unspecified atom stereocenters. The number of hydrogen-bond acceptors (Lipinski definition) is 4. The molecule has 0 spiro atoms. The lowest BCUT2D eigenvalue weighted by Gasteiger charge is -2.28. The molecule has 1 heterocycles. The van der Waals surface area contributed by atoms with E-state index in [1.54, 1.807) is 0 Å². The lowest BCUT2D eigenvalue weighted by Crippen LogP contribution is -2.21. The van der Waals surface area contributed by atoms with Crippen LogP contribution in [0.25, 0.3) is 5.57 Å². The first kappa shape index (κ1) is 15.6. The van der Waals surface area contributed by atoms with Crippen LogP contribution in [0.2, 0.25) is 0 Å². The van der Waals surface area contributed by atoms with Gasteiger partial charge in [-0.15, -0.1) is 0 Å². The minimum Gasteiger partial charge on any atom is -0.423 e. The number of aromatic nitrogens is 1. The van der Waals surface area contributed by atoms with Crippen LogP contribution in [0.5, 0.6) is 0 Å². The van der Waals surface area contributed by atoms with E-state index in [-0.39, 0.29) is 23.4 Å². The number of carbonyl (C=O) groups excluding carboxylic acids is 1. The van der Waals surface area contributed by atoms with Gasteiger partial charge in [0.2, 0.25) is 11.5 Å². The van der Waals surface area contributed by atoms with Gasteiger partial charge in [0, 0.05) is 5.92 Å². The number of Topliss-reactive ketones (excluding diaryl/α,β-unsaturated/α-hetero) is 1. The van der Waals surface area contributed by atoms with Gasteiger partial charge in [-0.2, -0.15) is 5.26 Å². The van der Waals surface area contributed by atoms with Crippen LogP contribution in [0.3, 0.4) is 0 Å². The SMILES string of the molecule is N#Cc1cnc(C(=O)C2CCC3=C(CCC(c4ccccc4)=C3)C2)o1. The van der Waals surface area contributed by atoms with Gasteiger partial charge in [-0.1, -0.05) is 42.0 Å². The Morgan fingerprint density at radius 3 is 2.80 bits per heavy atom. The highest BCUT2D eigenvalue weighted by atomic mass is 16.4. The van der Waals surface area contributed by atoms with E-state index in [0.717, 1.165) is 32.1 Å². The molecule has 0 amide bonds. The summed E-state index contributed by atoms with van der Waals surface area (Å²) in [6.07, 6.45) is 8.14. The Hall–Kier alpha value is -2.93. The predicted molar refractivity (Wildman–Crippen MR) is 93.6 cm³/mol. The maximum absolute atomic E-state index is 12.6. The second kappa shape index (κ2) is 6.52. The highest BCUT2D eigenvalue weighted by Crippen LogP contribution is 2.40. The van der Waals surface area contributed by atoms with Gasteiger partial charge in [-0.3, -0.25) is 4.79 Å². The van der Waals surface area contributed by atoms with E-state index >= 15 is 0 Å². The van der Waals surface area contributed by atoms with Crippen molar-refractivity contribution in [2.45, 2.75) is 32.1 Å². The Morgan fingerprint density at radius 1 is 1.20 bits per heavy atom. The molecule has 2 aromatic rings. The molecule has 0 saturated heterocycles. The molecule has 2 aliphatic carbocycles. The third-order valence-electron chi connectivity index (χ3n) is 5.10. The summed E-state index contributed by atoms with van der Waals surface area (Å²) in [6, 6.07) is 12.4. The first-order valence-electron chi connectivity index (χ1n) is 8.61. The third-order valence-corrected chi connectivity index (χ3v) is 5.10. The molecule has 0 fully saturated rings. The number of ketones is 1. The van der Waals surface area contributed by atoms with Crippen LogP contribution < -0.4 is 0 Å². The maximum Gasteiger partial charge on any atom is 0.264 e. The zero-order chi connectivity index (χ0) is 17.2. The summed E-state index contributed by atoms with van der Waals surface area (Å²) in [5.41, 5.74) is 5.45. The zero-order valence-electron chi connectivity index (χ0n) is 13.9. The Kier molecular flexibility index (Phi) is 4.07. The number of carbonyl (C=O) groups is 1. The van der Waals surface area contributed by atoms with Crippen molar-refractivity contribution in [1.29, 1.82) is 5.26 Å². The van der Waals surface area contributed by atoms with Gasteiger partial charge in [-0.25, -0.2) is 4.98 Å². The van der Waals surface area contributed by atoms with Gasteiger partial charge in [-0.05, 0) is 48.8 Å². The number of rotatable bonds is 3. The van der Waals surface area contributed by atoms with Crippen molar-refractivity contribution >= 4 is 11.4 Å².